The first-order valence-electron chi connectivity index (χ1n) is 11.4. The third-order valence-electron chi connectivity index (χ3n) is 6.44. The standard InChI is InChI=1S/C24H27F2N5O3/c1-13-7-18-21(27-15(13)3)28-23(29-22(18)34-17-8-24(25,26)9-17)31-10-14(2)33-19(12-31)16-5-6-20(32)30(4)11-16/h5-7,11,14,17,19H,8-10,12H2,1-4H3. The van der Waals surface area contributed by atoms with E-state index in [-0.39, 0.29) is 36.5 Å². The molecule has 2 unspecified atom stereocenters. The lowest BCUT2D eigenvalue weighted by Crippen LogP contribution is -2.44. The van der Waals surface area contributed by atoms with Crippen LogP contribution < -0.4 is 15.2 Å². The van der Waals surface area contributed by atoms with Crippen molar-refractivity contribution in [1.82, 2.24) is 19.5 Å². The lowest BCUT2D eigenvalue weighted by Gasteiger charge is -2.37. The quantitative estimate of drug-likeness (QED) is 0.576. The van der Waals surface area contributed by atoms with E-state index in [2.05, 4.69) is 9.97 Å². The third kappa shape index (κ3) is 4.34. The highest BCUT2D eigenvalue weighted by Gasteiger charge is 2.47. The average molecular weight is 472 g/mol. The van der Waals surface area contributed by atoms with Crippen molar-refractivity contribution < 1.29 is 18.3 Å². The first-order chi connectivity index (χ1) is 16.1. The summed E-state index contributed by atoms with van der Waals surface area (Å²) in [7, 11) is 1.70. The molecule has 0 spiro atoms. The van der Waals surface area contributed by atoms with E-state index in [0.717, 1.165) is 16.8 Å². The van der Waals surface area contributed by atoms with Crippen LogP contribution in [0.1, 0.15) is 42.7 Å². The molecular formula is C24H27F2N5O3. The van der Waals surface area contributed by atoms with Gasteiger partial charge in [-0.25, -0.2) is 13.8 Å². The topological polar surface area (TPSA) is 82.4 Å². The SMILES string of the molecule is Cc1cc2c(OC3CC(F)(F)C3)nc(N3CC(C)OC(c4ccc(=O)n(C)c4)C3)nc2nc1C. The van der Waals surface area contributed by atoms with Gasteiger partial charge in [0.1, 0.15) is 12.2 Å². The van der Waals surface area contributed by atoms with Gasteiger partial charge in [-0.3, -0.25) is 4.79 Å². The Hall–Kier alpha value is -3.14. The van der Waals surface area contributed by atoms with Crippen molar-refractivity contribution in [2.24, 2.45) is 7.05 Å². The summed E-state index contributed by atoms with van der Waals surface area (Å²) < 4.78 is 40.4. The van der Waals surface area contributed by atoms with Crippen molar-refractivity contribution in [2.75, 3.05) is 18.0 Å². The van der Waals surface area contributed by atoms with Crippen LogP contribution in [0.2, 0.25) is 0 Å². The molecule has 8 nitrogen and oxygen atoms in total. The van der Waals surface area contributed by atoms with Crippen LogP contribution in [0.4, 0.5) is 14.7 Å². The van der Waals surface area contributed by atoms with Gasteiger partial charge in [0.25, 0.3) is 5.92 Å². The molecule has 0 amide bonds. The molecule has 2 atom stereocenters. The van der Waals surface area contributed by atoms with E-state index < -0.39 is 12.0 Å². The Morgan fingerprint density at radius 1 is 1.15 bits per heavy atom. The molecule has 2 aliphatic rings. The number of morpholine rings is 1. The summed E-state index contributed by atoms with van der Waals surface area (Å²) in [6, 6.07) is 5.18. The second-order valence-electron chi connectivity index (χ2n) is 9.35. The summed E-state index contributed by atoms with van der Waals surface area (Å²) in [5, 5.41) is 0.609. The number of hydrogen-bond donors (Lipinski definition) is 0. The number of halogens is 2. The lowest BCUT2D eigenvalue weighted by molar-refractivity contribution is -0.135. The molecule has 0 aromatic carbocycles. The van der Waals surface area contributed by atoms with Crippen molar-refractivity contribution >= 4 is 17.0 Å². The third-order valence-corrected chi connectivity index (χ3v) is 6.44. The number of alkyl halides is 2. The van der Waals surface area contributed by atoms with Crippen LogP contribution >= 0.6 is 0 Å². The van der Waals surface area contributed by atoms with Gasteiger partial charge in [0.05, 0.1) is 18.0 Å². The lowest BCUT2D eigenvalue weighted by atomic mass is 9.91. The zero-order valence-electron chi connectivity index (χ0n) is 19.6. The maximum atomic E-state index is 13.4. The van der Waals surface area contributed by atoms with Crippen LogP contribution in [0, 0.1) is 13.8 Å². The molecule has 1 aliphatic heterocycles. The highest BCUT2D eigenvalue weighted by atomic mass is 19.3. The highest BCUT2D eigenvalue weighted by Crippen LogP contribution is 2.41. The van der Waals surface area contributed by atoms with E-state index in [1.54, 1.807) is 19.3 Å². The molecule has 5 rings (SSSR count). The van der Waals surface area contributed by atoms with Crippen LogP contribution in [-0.2, 0) is 11.8 Å². The summed E-state index contributed by atoms with van der Waals surface area (Å²) in [6.45, 7) is 6.79. The Balaban J connectivity index is 1.50. The molecule has 0 N–H and O–H groups in total. The highest BCUT2D eigenvalue weighted by molar-refractivity contribution is 5.82. The number of hydrogen-bond acceptors (Lipinski definition) is 7. The van der Waals surface area contributed by atoms with Gasteiger partial charge in [0.15, 0.2) is 5.65 Å². The van der Waals surface area contributed by atoms with Crippen molar-refractivity contribution in [3.05, 3.63) is 51.6 Å². The van der Waals surface area contributed by atoms with E-state index in [0.29, 0.717) is 30.1 Å². The fourth-order valence-electron chi connectivity index (χ4n) is 4.39. The van der Waals surface area contributed by atoms with E-state index in [4.69, 9.17) is 14.5 Å². The van der Waals surface area contributed by atoms with Gasteiger partial charge in [-0.05, 0) is 44.0 Å². The second kappa shape index (κ2) is 8.26. The number of rotatable bonds is 4. The molecule has 0 bridgehead atoms. The predicted octanol–water partition coefficient (Wildman–Crippen LogP) is 3.48. The van der Waals surface area contributed by atoms with Crippen LogP contribution in [0.5, 0.6) is 5.88 Å². The molecule has 34 heavy (non-hydrogen) atoms. The van der Waals surface area contributed by atoms with Crippen LogP contribution in [0.3, 0.4) is 0 Å². The van der Waals surface area contributed by atoms with Crippen molar-refractivity contribution in [1.29, 1.82) is 0 Å². The van der Waals surface area contributed by atoms with Gasteiger partial charge in [0.2, 0.25) is 17.4 Å². The Bertz CT molecular complexity index is 1300. The van der Waals surface area contributed by atoms with E-state index in [1.165, 1.54) is 10.6 Å². The minimum atomic E-state index is -2.69. The number of aryl methyl sites for hydroxylation is 3. The first-order valence-corrected chi connectivity index (χ1v) is 11.4. The minimum absolute atomic E-state index is 0.0950. The molecule has 10 heteroatoms. The van der Waals surface area contributed by atoms with Gasteiger partial charge in [-0.2, -0.15) is 9.97 Å². The number of nitrogens with zero attached hydrogens (tertiary/aromatic N) is 5. The minimum Gasteiger partial charge on any atom is -0.473 e. The number of pyridine rings is 2. The van der Waals surface area contributed by atoms with E-state index in [9.17, 15) is 13.6 Å². The van der Waals surface area contributed by atoms with Crippen molar-refractivity contribution in [3.63, 3.8) is 0 Å². The number of aromatic nitrogens is 4. The Labute approximate surface area is 195 Å². The summed E-state index contributed by atoms with van der Waals surface area (Å²) in [5.41, 5.74) is 3.02. The maximum absolute atomic E-state index is 13.4. The monoisotopic (exact) mass is 471 g/mol. The molecule has 3 aromatic rings. The molecule has 1 saturated heterocycles. The zero-order valence-corrected chi connectivity index (χ0v) is 19.6. The summed E-state index contributed by atoms with van der Waals surface area (Å²) >= 11 is 0. The van der Waals surface area contributed by atoms with E-state index in [1.807, 2.05) is 31.7 Å². The Morgan fingerprint density at radius 3 is 2.62 bits per heavy atom. The smallest absolute Gasteiger partial charge is 0.255 e. The van der Waals surface area contributed by atoms with Gasteiger partial charge < -0.3 is 18.9 Å². The largest absolute Gasteiger partial charge is 0.473 e. The van der Waals surface area contributed by atoms with Crippen molar-refractivity contribution in [2.45, 2.75) is 57.8 Å². The van der Waals surface area contributed by atoms with Crippen LogP contribution in [-0.4, -0.2) is 50.7 Å². The second-order valence-corrected chi connectivity index (χ2v) is 9.35. The Kier molecular flexibility index (Phi) is 5.50. The molecule has 1 aliphatic carbocycles. The molecule has 2 fully saturated rings. The summed E-state index contributed by atoms with van der Waals surface area (Å²) in [4.78, 5) is 27.8. The average Bonchev–Trinajstić information content (AvgIpc) is 2.75. The molecule has 0 radical (unpaired) electrons. The van der Waals surface area contributed by atoms with Gasteiger partial charge in [-0.15, -0.1) is 0 Å². The molecular weight excluding hydrogens is 444 g/mol. The van der Waals surface area contributed by atoms with Crippen molar-refractivity contribution in [3.8, 4) is 5.88 Å². The van der Waals surface area contributed by atoms with Crippen LogP contribution in [0.25, 0.3) is 11.0 Å². The number of anilines is 1. The van der Waals surface area contributed by atoms with E-state index >= 15 is 0 Å². The molecule has 180 valence electrons. The molecule has 3 aromatic heterocycles. The normalized spacial score (nSPS) is 22.6. The number of fused-ring (bicyclic) bond motifs is 1. The molecule has 1 saturated carbocycles. The fourth-order valence-corrected chi connectivity index (χ4v) is 4.39. The predicted molar refractivity (Wildman–Crippen MR) is 123 cm³/mol. The Morgan fingerprint density at radius 2 is 1.91 bits per heavy atom. The van der Waals surface area contributed by atoms with Crippen LogP contribution in [0.15, 0.2) is 29.2 Å². The van der Waals surface area contributed by atoms with Gasteiger partial charge in [0, 0.05) is 44.4 Å². The first kappa shape index (κ1) is 22.6. The summed E-state index contributed by atoms with van der Waals surface area (Å²) in [5.74, 6) is -2.01. The maximum Gasteiger partial charge on any atom is 0.255 e. The molecule has 4 heterocycles. The fraction of sp³-hybridized carbons (Fsp3) is 0.500. The summed E-state index contributed by atoms with van der Waals surface area (Å²) in [6.07, 6.45) is 0.105. The zero-order chi connectivity index (χ0) is 24.2. The number of ether oxygens (including phenoxy) is 2. The van der Waals surface area contributed by atoms with Gasteiger partial charge in [-0.1, -0.05) is 0 Å². The van der Waals surface area contributed by atoms with Gasteiger partial charge >= 0.3 is 0 Å².